The molecule has 3 heteroatoms. The average Bonchev–Trinajstić information content (AvgIpc) is 2.46. The first kappa shape index (κ1) is 13.9. The average molecular weight is 257 g/mol. The van der Waals surface area contributed by atoms with Crippen LogP contribution >= 0.6 is 0 Å². The number of nitrogens with zero attached hydrogens (tertiary/aromatic N) is 3. The molecule has 3 nitrogen and oxygen atoms in total. The highest BCUT2D eigenvalue weighted by molar-refractivity contribution is 5.60. The van der Waals surface area contributed by atoms with E-state index in [-0.39, 0.29) is 0 Å². The summed E-state index contributed by atoms with van der Waals surface area (Å²) < 4.78 is 0. The zero-order valence-electron chi connectivity index (χ0n) is 12.2. The van der Waals surface area contributed by atoms with Crippen molar-refractivity contribution in [1.29, 1.82) is 5.26 Å². The smallest absolute Gasteiger partial charge is 0.101 e. The highest BCUT2D eigenvalue weighted by Gasteiger charge is 2.23. The second kappa shape index (κ2) is 6.08. The molecule has 0 aliphatic carbocycles. The SMILES string of the molecule is CCN1CCC(N(C)c2ccc(C)cc2C#N)CC1. The molecule has 0 spiro atoms. The normalized spacial score (nSPS) is 17.2. The molecular formula is C16H23N3. The minimum absolute atomic E-state index is 0.553. The van der Waals surface area contributed by atoms with Crippen LogP contribution in [-0.2, 0) is 0 Å². The first-order valence-corrected chi connectivity index (χ1v) is 7.11. The quantitative estimate of drug-likeness (QED) is 0.834. The zero-order valence-corrected chi connectivity index (χ0v) is 12.2. The molecule has 0 N–H and O–H groups in total. The Bertz CT molecular complexity index is 467. The second-order valence-electron chi connectivity index (χ2n) is 5.41. The summed E-state index contributed by atoms with van der Waals surface area (Å²) in [5.74, 6) is 0. The molecule has 1 aromatic rings. The Kier molecular flexibility index (Phi) is 4.44. The predicted molar refractivity (Wildman–Crippen MR) is 79.4 cm³/mol. The van der Waals surface area contributed by atoms with Crippen LogP contribution in [0.25, 0.3) is 0 Å². The van der Waals surface area contributed by atoms with Crippen molar-refractivity contribution in [2.75, 3.05) is 31.6 Å². The molecule has 1 aliphatic heterocycles. The fourth-order valence-corrected chi connectivity index (χ4v) is 2.87. The van der Waals surface area contributed by atoms with E-state index < -0.39 is 0 Å². The number of anilines is 1. The lowest BCUT2D eigenvalue weighted by molar-refractivity contribution is 0.221. The maximum Gasteiger partial charge on any atom is 0.101 e. The van der Waals surface area contributed by atoms with Gasteiger partial charge >= 0.3 is 0 Å². The van der Waals surface area contributed by atoms with Crippen LogP contribution in [0.4, 0.5) is 5.69 Å². The van der Waals surface area contributed by atoms with E-state index in [4.69, 9.17) is 0 Å². The van der Waals surface area contributed by atoms with Crippen LogP contribution < -0.4 is 4.90 Å². The van der Waals surface area contributed by atoms with E-state index >= 15 is 0 Å². The minimum Gasteiger partial charge on any atom is -0.370 e. The Balaban J connectivity index is 2.12. The zero-order chi connectivity index (χ0) is 13.8. The molecule has 1 heterocycles. The number of hydrogen-bond donors (Lipinski definition) is 0. The van der Waals surface area contributed by atoms with Crippen LogP contribution in [0.5, 0.6) is 0 Å². The molecule has 0 saturated carbocycles. The van der Waals surface area contributed by atoms with E-state index in [0.29, 0.717) is 6.04 Å². The van der Waals surface area contributed by atoms with Gasteiger partial charge in [0.15, 0.2) is 0 Å². The van der Waals surface area contributed by atoms with Gasteiger partial charge in [0.1, 0.15) is 6.07 Å². The van der Waals surface area contributed by atoms with Crippen LogP contribution in [-0.4, -0.2) is 37.6 Å². The van der Waals surface area contributed by atoms with Crippen LogP contribution in [0.15, 0.2) is 18.2 Å². The molecule has 1 aromatic carbocycles. The maximum atomic E-state index is 9.29. The number of likely N-dealkylation sites (tertiary alicyclic amines) is 1. The highest BCUT2D eigenvalue weighted by atomic mass is 15.2. The van der Waals surface area contributed by atoms with Gasteiger partial charge in [-0.15, -0.1) is 0 Å². The number of nitriles is 1. The van der Waals surface area contributed by atoms with E-state index in [2.05, 4.69) is 42.0 Å². The second-order valence-corrected chi connectivity index (χ2v) is 5.41. The third-order valence-electron chi connectivity index (χ3n) is 4.20. The van der Waals surface area contributed by atoms with Gasteiger partial charge in [-0.05, 0) is 44.0 Å². The third kappa shape index (κ3) is 3.08. The molecule has 102 valence electrons. The molecule has 0 unspecified atom stereocenters. The van der Waals surface area contributed by atoms with Gasteiger partial charge in [0, 0.05) is 26.2 Å². The standard InChI is InChI=1S/C16H23N3/c1-4-19-9-7-15(8-10-19)18(3)16-6-5-13(2)11-14(16)12-17/h5-6,11,15H,4,7-10H2,1-3H3. The van der Waals surface area contributed by atoms with Gasteiger partial charge in [-0.25, -0.2) is 0 Å². The number of hydrogen-bond acceptors (Lipinski definition) is 3. The van der Waals surface area contributed by atoms with Gasteiger partial charge in [0.05, 0.1) is 11.3 Å². The van der Waals surface area contributed by atoms with Crippen LogP contribution in [0.2, 0.25) is 0 Å². The maximum absolute atomic E-state index is 9.29. The van der Waals surface area contributed by atoms with Crippen molar-refractivity contribution in [2.24, 2.45) is 0 Å². The molecule has 0 amide bonds. The Morgan fingerprint density at radius 3 is 2.63 bits per heavy atom. The predicted octanol–water partition coefficient (Wildman–Crippen LogP) is 2.79. The first-order chi connectivity index (χ1) is 9.15. The summed E-state index contributed by atoms with van der Waals surface area (Å²) in [6, 6.07) is 9.03. The summed E-state index contributed by atoms with van der Waals surface area (Å²) in [5.41, 5.74) is 3.01. The lowest BCUT2D eigenvalue weighted by atomic mass is 10.0. The fraction of sp³-hybridized carbons (Fsp3) is 0.562. The Labute approximate surface area is 116 Å². The summed E-state index contributed by atoms with van der Waals surface area (Å²) in [7, 11) is 2.12. The van der Waals surface area contributed by atoms with Gasteiger partial charge in [-0.1, -0.05) is 13.0 Å². The van der Waals surface area contributed by atoms with E-state index in [1.54, 1.807) is 0 Å². The first-order valence-electron chi connectivity index (χ1n) is 7.11. The monoisotopic (exact) mass is 257 g/mol. The van der Waals surface area contributed by atoms with Gasteiger partial charge in [-0.2, -0.15) is 5.26 Å². The van der Waals surface area contributed by atoms with E-state index in [1.165, 1.54) is 25.9 Å². The molecular weight excluding hydrogens is 234 g/mol. The van der Waals surface area contributed by atoms with Crippen molar-refractivity contribution >= 4 is 5.69 Å². The van der Waals surface area contributed by atoms with E-state index in [0.717, 1.165) is 23.4 Å². The van der Waals surface area contributed by atoms with Gasteiger partial charge < -0.3 is 9.80 Å². The molecule has 0 atom stereocenters. The topological polar surface area (TPSA) is 30.3 Å². The lowest BCUT2D eigenvalue weighted by Gasteiger charge is -2.37. The molecule has 0 aromatic heterocycles. The summed E-state index contributed by atoms with van der Waals surface area (Å²) in [5, 5.41) is 9.29. The summed E-state index contributed by atoms with van der Waals surface area (Å²) in [4.78, 5) is 4.79. The van der Waals surface area contributed by atoms with Gasteiger partial charge in [0.2, 0.25) is 0 Å². The number of aryl methyl sites for hydroxylation is 1. The molecule has 1 fully saturated rings. The fourth-order valence-electron chi connectivity index (χ4n) is 2.87. The van der Waals surface area contributed by atoms with E-state index in [9.17, 15) is 5.26 Å². The number of piperidine rings is 1. The van der Waals surface area contributed by atoms with Crippen molar-refractivity contribution in [3.63, 3.8) is 0 Å². The minimum atomic E-state index is 0.553. The van der Waals surface area contributed by atoms with Crippen LogP contribution in [0, 0.1) is 18.3 Å². The summed E-state index contributed by atoms with van der Waals surface area (Å²) >= 11 is 0. The van der Waals surface area contributed by atoms with Gasteiger partial charge in [0.25, 0.3) is 0 Å². The summed E-state index contributed by atoms with van der Waals surface area (Å²) in [6.45, 7) is 7.73. The molecule has 19 heavy (non-hydrogen) atoms. The van der Waals surface area contributed by atoms with Crippen molar-refractivity contribution in [2.45, 2.75) is 32.7 Å². The lowest BCUT2D eigenvalue weighted by Crippen LogP contribution is -2.43. The molecule has 1 aliphatic rings. The number of benzene rings is 1. The molecule has 0 radical (unpaired) electrons. The van der Waals surface area contributed by atoms with Crippen LogP contribution in [0.3, 0.4) is 0 Å². The molecule has 1 saturated heterocycles. The largest absolute Gasteiger partial charge is 0.370 e. The Hall–Kier alpha value is -1.53. The molecule has 0 bridgehead atoms. The Morgan fingerprint density at radius 2 is 2.05 bits per heavy atom. The van der Waals surface area contributed by atoms with Crippen molar-refractivity contribution in [3.05, 3.63) is 29.3 Å². The highest BCUT2D eigenvalue weighted by Crippen LogP contribution is 2.26. The number of rotatable bonds is 3. The summed E-state index contributed by atoms with van der Waals surface area (Å²) in [6.07, 6.45) is 2.37. The Morgan fingerprint density at radius 1 is 1.37 bits per heavy atom. The van der Waals surface area contributed by atoms with E-state index in [1.807, 2.05) is 13.0 Å². The van der Waals surface area contributed by atoms with Crippen LogP contribution in [0.1, 0.15) is 30.9 Å². The van der Waals surface area contributed by atoms with Crippen molar-refractivity contribution in [1.82, 2.24) is 4.90 Å². The molecule has 2 rings (SSSR count). The van der Waals surface area contributed by atoms with Gasteiger partial charge in [-0.3, -0.25) is 0 Å². The third-order valence-corrected chi connectivity index (χ3v) is 4.20. The van der Waals surface area contributed by atoms with Crippen molar-refractivity contribution in [3.8, 4) is 6.07 Å². The van der Waals surface area contributed by atoms with Crippen molar-refractivity contribution < 1.29 is 0 Å².